The smallest absolute Gasteiger partial charge is 0.322 e. The Hall–Kier alpha value is -1.67. The first-order valence-electron chi connectivity index (χ1n) is 6.77. The van der Waals surface area contributed by atoms with Gasteiger partial charge in [-0.3, -0.25) is 5.43 Å². The van der Waals surface area contributed by atoms with Crippen LogP contribution in [0.4, 0.5) is 11.9 Å². The summed E-state index contributed by atoms with van der Waals surface area (Å²) in [6, 6.07) is 0.166. The van der Waals surface area contributed by atoms with Gasteiger partial charge in [-0.15, -0.1) is 0 Å². The third-order valence-electron chi connectivity index (χ3n) is 3.71. The fourth-order valence-electron chi connectivity index (χ4n) is 2.31. The van der Waals surface area contributed by atoms with E-state index in [0.717, 1.165) is 25.7 Å². The Kier molecular flexibility index (Phi) is 4.56. The topological polar surface area (TPSA) is 118 Å². The molecule has 0 atom stereocenters. The molecule has 1 heterocycles. The second-order valence-corrected chi connectivity index (χ2v) is 5.37. The largest absolute Gasteiger partial charge is 0.467 e. The number of nitrogens with two attached hydrogens (primary N) is 1. The SMILES string of the molecule is COc1nc(NN)nc(NCC2(O)CCC(C)CC2)n1. The molecule has 0 amide bonds. The van der Waals surface area contributed by atoms with Crippen molar-refractivity contribution >= 4 is 11.9 Å². The predicted molar refractivity (Wildman–Crippen MR) is 75.3 cm³/mol. The van der Waals surface area contributed by atoms with Crippen LogP contribution >= 0.6 is 0 Å². The summed E-state index contributed by atoms with van der Waals surface area (Å²) in [4.78, 5) is 12.0. The van der Waals surface area contributed by atoms with Crippen LogP contribution in [0.5, 0.6) is 6.01 Å². The molecular weight excluding hydrogens is 260 g/mol. The van der Waals surface area contributed by atoms with Crippen molar-refractivity contribution in [3.63, 3.8) is 0 Å². The van der Waals surface area contributed by atoms with E-state index in [1.807, 2.05) is 0 Å². The van der Waals surface area contributed by atoms with Gasteiger partial charge in [0.25, 0.3) is 0 Å². The Morgan fingerprint density at radius 2 is 1.95 bits per heavy atom. The molecule has 112 valence electrons. The van der Waals surface area contributed by atoms with Gasteiger partial charge in [0.1, 0.15) is 0 Å². The average molecular weight is 282 g/mol. The summed E-state index contributed by atoms with van der Waals surface area (Å²) < 4.78 is 4.97. The zero-order valence-electron chi connectivity index (χ0n) is 11.9. The second-order valence-electron chi connectivity index (χ2n) is 5.37. The van der Waals surface area contributed by atoms with E-state index in [0.29, 0.717) is 18.4 Å². The van der Waals surface area contributed by atoms with E-state index in [2.05, 4.69) is 32.6 Å². The highest BCUT2D eigenvalue weighted by molar-refractivity contribution is 5.35. The lowest BCUT2D eigenvalue weighted by atomic mass is 9.79. The fourth-order valence-corrected chi connectivity index (χ4v) is 2.31. The normalized spacial score (nSPS) is 26.1. The molecular formula is C12H22N6O2. The highest BCUT2D eigenvalue weighted by Gasteiger charge is 2.31. The molecule has 1 fully saturated rings. The monoisotopic (exact) mass is 282 g/mol. The number of hydrazine groups is 1. The number of methoxy groups -OCH3 is 1. The summed E-state index contributed by atoms with van der Waals surface area (Å²) >= 11 is 0. The zero-order chi connectivity index (χ0) is 14.6. The number of aliphatic hydroxyl groups is 1. The van der Waals surface area contributed by atoms with E-state index < -0.39 is 5.60 Å². The number of hydrogen-bond acceptors (Lipinski definition) is 8. The first-order valence-corrected chi connectivity index (χ1v) is 6.77. The van der Waals surface area contributed by atoms with Crippen LogP contribution in [0.15, 0.2) is 0 Å². The van der Waals surface area contributed by atoms with Gasteiger partial charge in [0.2, 0.25) is 11.9 Å². The molecule has 0 saturated heterocycles. The summed E-state index contributed by atoms with van der Waals surface area (Å²) in [6.07, 6.45) is 3.64. The molecule has 20 heavy (non-hydrogen) atoms. The lowest BCUT2D eigenvalue weighted by Crippen LogP contribution is -2.40. The van der Waals surface area contributed by atoms with Gasteiger partial charge in [0.05, 0.1) is 12.7 Å². The van der Waals surface area contributed by atoms with E-state index in [1.54, 1.807) is 0 Å². The van der Waals surface area contributed by atoms with Gasteiger partial charge in [-0.1, -0.05) is 6.92 Å². The van der Waals surface area contributed by atoms with Crippen molar-refractivity contribution in [3.8, 4) is 6.01 Å². The maximum atomic E-state index is 10.5. The maximum absolute atomic E-state index is 10.5. The average Bonchev–Trinajstić information content (AvgIpc) is 2.48. The summed E-state index contributed by atoms with van der Waals surface area (Å²) in [5.74, 6) is 6.51. The van der Waals surface area contributed by atoms with Crippen LogP contribution in [0.1, 0.15) is 32.6 Å². The van der Waals surface area contributed by atoms with Crippen LogP contribution in [0.3, 0.4) is 0 Å². The first kappa shape index (κ1) is 14.7. The van der Waals surface area contributed by atoms with Crippen LogP contribution in [-0.2, 0) is 0 Å². The molecule has 8 heteroatoms. The minimum absolute atomic E-state index is 0.166. The lowest BCUT2D eigenvalue weighted by Gasteiger charge is -2.34. The predicted octanol–water partition coefficient (Wildman–Crippen LogP) is 0.519. The number of nitrogen functional groups attached to an aromatic ring is 1. The Labute approximate surface area is 118 Å². The molecule has 1 aliphatic carbocycles. The Morgan fingerprint density at radius 3 is 2.55 bits per heavy atom. The van der Waals surface area contributed by atoms with E-state index in [1.165, 1.54) is 7.11 Å². The Balaban J connectivity index is 1.99. The molecule has 0 aromatic carbocycles. The molecule has 0 bridgehead atoms. The van der Waals surface area contributed by atoms with Crippen molar-refractivity contribution in [3.05, 3.63) is 0 Å². The minimum atomic E-state index is -0.706. The molecule has 5 N–H and O–H groups in total. The second kappa shape index (κ2) is 6.19. The first-order chi connectivity index (χ1) is 9.54. The van der Waals surface area contributed by atoms with Crippen molar-refractivity contribution < 1.29 is 9.84 Å². The van der Waals surface area contributed by atoms with E-state index in [-0.39, 0.29) is 12.0 Å². The minimum Gasteiger partial charge on any atom is -0.467 e. The molecule has 0 unspecified atom stereocenters. The van der Waals surface area contributed by atoms with Gasteiger partial charge in [-0.05, 0) is 31.6 Å². The van der Waals surface area contributed by atoms with Crippen LogP contribution in [-0.4, -0.2) is 39.3 Å². The van der Waals surface area contributed by atoms with Gasteiger partial charge in [0, 0.05) is 6.54 Å². The Morgan fingerprint density at radius 1 is 1.30 bits per heavy atom. The number of hydrogen-bond donors (Lipinski definition) is 4. The van der Waals surface area contributed by atoms with Crippen LogP contribution < -0.4 is 21.3 Å². The third-order valence-corrected chi connectivity index (χ3v) is 3.71. The van der Waals surface area contributed by atoms with Crippen molar-refractivity contribution in [2.75, 3.05) is 24.4 Å². The summed E-state index contributed by atoms with van der Waals surface area (Å²) in [5.41, 5.74) is 1.64. The number of rotatable bonds is 5. The van der Waals surface area contributed by atoms with Crippen molar-refractivity contribution in [2.45, 2.75) is 38.2 Å². The molecule has 0 radical (unpaired) electrons. The van der Waals surface area contributed by atoms with Crippen molar-refractivity contribution in [2.24, 2.45) is 11.8 Å². The molecule has 2 rings (SSSR count). The van der Waals surface area contributed by atoms with Gasteiger partial charge in [-0.25, -0.2) is 5.84 Å². The molecule has 8 nitrogen and oxygen atoms in total. The third kappa shape index (κ3) is 3.67. The van der Waals surface area contributed by atoms with Gasteiger partial charge < -0.3 is 15.2 Å². The Bertz CT molecular complexity index is 425. The van der Waals surface area contributed by atoms with Gasteiger partial charge in [-0.2, -0.15) is 15.0 Å². The van der Waals surface area contributed by atoms with E-state index >= 15 is 0 Å². The standard InChI is InChI=1S/C12H22N6O2/c1-8-3-5-12(19,6-4-8)7-14-9-15-10(18-13)17-11(16-9)20-2/h8,19H,3-7,13H2,1-2H3,(H2,14,15,16,17,18). The van der Waals surface area contributed by atoms with Crippen molar-refractivity contribution in [1.82, 2.24) is 15.0 Å². The molecule has 1 aromatic heterocycles. The summed E-state index contributed by atoms with van der Waals surface area (Å²) in [7, 11) is 1.47. The fraction of sp³-hybridized carbons (Fsp3) is 0.750. The quantitative estimate of drug-likeness (QED) is 0.456. The highest BCUT2D eigenvalue weighted by atomic mass is 16.5. The van der Waals surface area contributed by atoms with Crippen molar-refractivity contribution in [1.29, 1.82) is 0 Å². The lowest BCUT2D eigenvalue weighted by molar-refractivity contribution is 0.00486. The number of nitrogens with zero attached hydrogens (tertiary/aromatic N) is 3. The number of ether oxygens (including phenoxy) is 1. The summed E-state index contributed by atoms with van der Waals surface area (Å²) in [6.45, 7) is 2.61. The molecule has 1 saturated carbocycles. The maximum Gasteiger partial charge on any atom is 0.322 e. The van der Waals surface area contributed by atoms with Gasteiger partial charge in [0.15, 0.2) is 0 Å². The van der Waals surface area contributed by atoms with E-state index in [4.69, 9.17) is 10.6 Å². The highest BCUT2D eigenvalue weighted by Crippen LogP contribution is 2.31. The molecule has 1 aliphatic rings. The molecule has 1 aromatic rings. The van der Waals surface area contributed by atoms with Crippen LogP contribution in [0.25, 0.3) is 0 Å². The number of nitrogens with one attached hydrogen (secondary N) is 2. The van der Waals surface area contributed by atoms with Crippen LogP contribution in [0.2, 0.25) is 0 Å². The molecule has 0 spiro atoms. The summed E-state index contributed by atoms with van der Waals surface area (Å²) in [5, 5.41) is 13.5. The molecule has 0 aliphatic heterocycles. The van der Waals surface area contributed by atoms with Crippen LogP contribution in [0, 0.1) is 5.92 Å². The zero-order valence-corrected chi connectivity index (χ0v) is 11.9. The number of anilines is 2. The van der Waals surface area contributed by atoms with Gasteiger partial charge >= 0.3 is 6.01 Å². The number of aromatic nitrogens is 3. The van der Waals surface area contributed by atoms with E-state index in [9.17, 15) is 5.11 Å².